The fraction of sp³-hybridized carbons (Fsp3) is 0. The summed E-state index contributed by atoms with van der Waals surface area (Å²) in [6.45, 7) is 0. The Bertz CT molecular complexity index is 2320. The predicted octanol–water partition coefficient (Wildman–Crippen LogP) is 4.37. The van der Waals surface area contributed by atoms with Gasteiger partial charge in [0.2, 0.25) is 0 Å². The molecule has 0 bridgehead atoms. The zero-order chi connectivity index (χ0) is 24.0. The third kappa shape index (κ3) is 2.49. The predicted molar refractivity (Wildman–Crippen MR) is 140 cm³/mol. The lowest BCUT2D eigenvalue weighted by Crippen LogP contribution is -2.15. The quantitative estimate of drug-likeness (QED) is 0.239. The van der Waals surface area contributed by atoms with E-state index in [0.717, 1.165) is 0 Å². The summed E-state index contributed by atoms with van der Waals surface area (Å²) < 4.78 is 0. The summed E-state index contributed by atoms with van der Waals surface area (Å²) in [5, 5.41) is 2.06. The Hall–Kier alpha value is -4.55. The Morgan fingerprint density at radius 2 is 1.00 bits per heavy atom. The van der Waals surface area contributed by atoms with Crippen LogP contribution >= 0.6 is 11.6 Å². The molecule has 0 aliphatic heterocycles. The van der Waals surface area contributed by atoms with E-state index in [0.29, 0.717) is 27.1 Å². The monoisotopic (exact) mass is 474 g/mol. The summed E-state index contributed by atoms with van der Waals surface area (Å²) in [7, 11) is 0. The Morgan fingerprint density at radius 3 is 1.60 bits per heavy atom. The molecule has 1 aromatic heterocycles. The van der Waals surface area contributed by atoms with Crippen LogP contribution in [-0.4, -0.2) is 9.97 Å². The standard InChI is InChI=1S/C28H11ClN2O4/c29-18-11-17-21(28(35)15-8-4-2-6-13(15)26(17)33)24-22(18)31-23-19(30-24)10-9-16-20(23)27(34)14-7-3-1-5-12(14)25(16)32/h1-11H. The number of rotatable bonds is 0. The zero-order valence-electron chi connectivity index (χ0n) is 17.8. The van der Waals surface area contributed by atoms with Crippen molar-refractivity contribution in [2.45, 2.75) is 0 Å². The van der Waals surface area contributed by atoms with E-state index in [-0.39, 0.29) is 64.8 Å². The molecule has 0 amide bonds. The number of hydrogen-bond donors (Lipinski definition) is 0. The molecule has 7 aromatic rings. The lowest BCUT2D eigenvalue weighted by molar-refractivity contribution is 1.41. The van der Waals surface area contributed by atoms with Gasteiger partial charge < -0.3 is 0 Å². The van der Waals surface area contributed by atoms with Crippen molar-refractivity contribution in [3.63, 3.8) is 0 Å². The molecule has 6 nitrogen and oxygen atoms in total. The van der Waals surface area contributed by atoms with E-state index in [2.05, 4.69) is 9.97 Å². The first kappa shape index (κ1) is 19.9. The van der Waals surface area contributed by atoms with Gasteiger partial charge in [-0.05, 0) is 18.2 Å². The summed E-state index contributed by atoms with van der Waals surface area (Å²) in [6.07, 6.45) is 0. The van der Waals surface area contributed by atoms with Crippen molar-refractivity contribution in [3.05, 3.63) is 113 Å². The fourth-order valence-electron chi connectivity index (χ4n) is 5.00. The summed E-state index contributed by atoms with van der Waals surface area (Å²) in [6, 6.07) is 17.8. The van der Waals surface area contributed by atoms with E-state index in [1.807, 2.05) is 0 Å². The molecule has 164 valence electrons. The van der Waals surface area contributed by atoms with Crippen LogP contribution in [0.1, 0.15) is 0 Å². The molecule has 0 spiro atoms. The first-order valence-electron chi connectivity index (χ1n) is 10.8. The minimum atomic E-state index is -0.344. The van der Waals surface area contributed by atoms with Gasteiger partial charge in [-0.25, -0.2) is 9.97 Å². The Balaban J connectivity index is 1.75. The van der Waals surface area contributed by atoms with Crippen molar-refractivity contribution in [1.29, 1.82) is 0 Å². The lowest BCUT2D eigenvalue weighted by atomic mass is 9.99. The molecule has 7 heteroatoms. The van der Waals surface area contributed by atoms with E-state index in [1.54, 1.807) is 60.7 Å². The first-order valence-corrected chi connectivity index (χ1v) is 11.2. The Kier molecular flexibility index (Phi) is 3.83. The van der Waals surface area contributed by atoms with Crippen LogP contribution in [0.15, 0.2) is 85.9 Å². The van der Waals surface area contributed by atoms with Crippen molar-refractivity contribution in [1.82, 2.24) is 9.97 Å². The van der Waals surface area contributed by atoms with E-state index in [1.165, 1.54) is 6.07 Å². The van der Waals surface area contributed by atoms with Crippen molar-refractivity contribution >= 4 is 76.8 Å². The molecular weight excluding hydrogens is 464 g/mol. The molecule has 0 radical (unpaired) electrons. The molecule has 0 saturated heterocycles. The first-order chi connectivity index (χ1) is 17.0. The molecule has 0 aliphatic carbocycles. The van der Waals surface area contributed by atoms with Crippen LogP contribution in [0.3, 0.4) is 0 Å². The maximum absolute atomic E-state index is 13.4. The molecule has 0 unspecified atom stereocenters. The fourth-order valence-corrected chi connectivity index (χ4v) is 5.24. The normalized spacial score (nSPS) is 12.0. The highest BCUT2D eigenvalue weighted by Gasteiger charge is 2.20. The van der Waals surface area contributed by atoms with Crippen molar-refractivity contribution in [3.8, 4) is 0 Å². The van der Waals surface area contributed by atoms with Gasteiger partial charge in [0, 0.05) is 32.3 Å². The Labute approximate surface area is 199 Å². The molecule has 0 saturated carbocycles. The van der Waals surface area contributed by atoms with E-state index < -0.39 is 0 Å². The van der Waals surface area contributed by atoms with Gasteiger partial charge >= 0.3 is 0 Å². The maximum atomic E-state index is 13.4. The summed E-state index contributed by atoms with van der Waals surface area (Å²) in [5.41, 5.74) is -0.349. The van der Waals surface area contributed by atoms with Crippen molar-refractivity contribution in [2.75, 3.05) is 0 Å². The van der Waals surface area contributed by atoms with E-state index >= 15 is 0 Å². The average Bonchev–Trinajstić information content (AvgIpc) is 2.89. The number of benzene rings is 6. The third-order valence-corrected chi connectivity index (χ3v) is 6.90. The van der Waals surface area contributed by atoms with Gasteiger partial charge in [-0.15, -0.1) is 0 Å². The van der Waals surface area contributed by atoms with Crippen LogP contribution < -0.4 is 21.7 Å². The average molecular weight is 475 g/mol. The maximum Gasteiger partial charge on any atom is 0.196 e. The largest absolute Gasteiger partial charge is 0.289 e. The number of halogens is 1. The second-order valence-corrected chi connectivity index (χ2v) is 8.87. The van der Waals surface area contributed by atoms with Gasteiger partial charge in [0.05, 0.1) is 21.3 Å². The summed E-state index contributed by atoms with van der Waals surface area (Å²) in [4.78, 5) is 62.4. The van der Waals surface area contributed by atoms with Gasteiger partial charge in [0.15, 0.2) is 21.7 Å². The van der Waals surface area contributed by atoms with Crippen LogP contribution in [-0.2, 0) is 0 Å². The zero-order valence-corrected chi connectivity index (χ0v) is 18.5. The minimum Gasteiger partial charge on any atom is -0.289 e. The summed E-state index contributed by atoms with van der Waals surface area (Å²) in [5.74, 6) is 0. The second kappa shape index (κ2) is 6.74. The van der Waals surface area contributed by atoms with Crippen LogP contribution in [0.4, 0.5) is 0 Å². The van der Waals surface area contributed by atoms with Gasteiger partial charge in [0.1, 0.15) is 16.6 Å². The molecule has 0 fully saturated rings. The molecule has 0 atom stereocenters. The molecule has 1 heterocycles. The number of hydrogen-bond acceptors (Lipinski definition) is 6. The number of fused-ring (bicyclic) bond motifs is 8. The smallest absolute Gasteiger partial charge is 0.196 e. The van der Waals surface area contributed by atoms with Crippen LogP contribution in [0.25, 0.3) is 65.2 Å². The Morgan fingerprint density at radius 1 is 0.486 bits per heavy atom. The van der Waals surface area contributed by atoms with Crippen LogP contribution in [0.2, 0.25) is 5.02 Å². The van der Waals surface area contributed by atoms with Gasteiger partial charge in [-0.2, -0.15) is 0 Å². The topological polar surface area (TPSA) is 94.1 Å². The molecule has 35 heavy (non-hydrogen) atoms. The SMILES string of the molecule is O=c1c2ccccc2c(=O)c2c1ccc1nc3c(nc12)c(Cl)cc1c(=O)c2ccccc2c(=O)c13. The van der Waals surface area contributed by atoms with Crippen LogP contribution in [0, 0.1) is 0 Å². The van der Waals surface area contributed by atoms with E-state index in [9.17, 15) is 19.2 Å². The third-order valence-electron chi connectivity index (χ3n) is 6.62. The number of aromatic nitrogens is 2. The molecule has 7 rings (SSSR count). The lowest BCUT2D eigenvalue weighted by Gasteiger charge is -2.09. The minimum absolute atomic E-state index is 0.126. The highest BCUT2D eigenvalue weighted by atomic mass is 35.5. The molecule has 0 N–H and O–H groups in total. The highest BCUT2D eigenvalue weighted by Crippen LogP contribution is 2.31. The molecular formula is C28H11ClN2O4. The second-order valence-electron chi connectivity index (χ2n) is 8.47. The molecule has 0 aliphatic rings. The van der Waals surface area contributed by atoms with Crippen molar-refractivity contribution < 1.29 is 0 Å². The van der Waals surface area contributed by atoms with Crippen LogP contribution in [0.5, 0.6) is 0 Å². The number of nitrogens with zero attached hydrogens (tertiary/aromatic N) is 2. The van der Waals surface area contributed by atoms with E-state index in [4.69, 9.17) is 11.6 Å². The van der Waals surface area contributed by atoms with Gasteiger partial charge in [-0.1, -0.05) is 60.1 Å². The van der Waals surface area contributed by atoms with Crippen molar-refractivity contribution in [2.24, 2.45) is 0 Å². The van der Waals surface area contributed by atoms with Gasteiger partial charge in [0.25, 0.3) is 0 Å². The molecule has 6 aromatic carbocycles. The summed E-state index contributed by atoms with van der Waals surface area (Å²) >= 11 is 6.55. The highest BCUT2D eigenvalue weighted by molar-refractivity contribution is 6.37. The van der Waals surface area contributed by atoms with Gasteiger partial charge in [-0.3, -0.25) is 19.2 Å².